The summed E-state index contributed by atoms with van der Waals surface area (Å²) in [6, 6.07) is 1.95. The molecule has 4 heteroatoms. The summed E-state index contributed by atoms with van der Waals surface area (Å²) in [6.07, 6.45) is 6.93. The lowest BCUT2D eigenvalue weighted by Crippen LogP contribution is -2.15. The highest BCUT2D eigenvalue weighted by Crippen LogP contribution is 2.48. The summed E-state index contributed by atoms with van der Waals surface area (Å²) in [7, 11) is 0. The summed E-state index contributed by atoms with van der Waals surface area (Å²) in [4.78, 5) is 8.08. The second-order valence-electron chi connectivity index (χ2n) is 4.11. The SMILES string of the molecule is CCC1(CNc2cnc(C#N)cn2)CC1. The van der Waals surface area contributed by atoms with Gasteiger partial charge in [-0.05, 0) is 24.7 Å². The average molecular weight is 202 g/mol. The van der Waals surface area contributed by atoms with E-state index in [2.05, 4.69) is 22.2 Å². The first-order valence-corrected chi connectivity index (χ1v) is 5.24. The Labute approximate surface area is 89.4 Å². The van der Waals surface area contributed by atoms with Crippen LogP contribution in [0.15, 0.2) is 12.4 Å². The molecule has 1 aliphatic rings. The van der Waals surface area contributed by atoms with Gasteiger partial charge in [0.25, 0.3) is 0 Å². The van der Waals surface area contributed by atoms with E-state index >= 15 is 0 Å². The van der Waals surface area contributed by atoms with Crippen LogP contribution in [0.4, 0.5) is 5.82 Å². The molecular formula is C11H14N4. The Morgan fingerprint density at radius 1 is 1.47 bits per heavy atom. The lowest BCUT2D eigenvalue weighted by atomic mass is 10.0. The molecule has 2 rings (SSSR count). The van der Waals surface area contributed by atoms with Crippen LogP contribution in [0, 0.1) is 16.7 Å². The zero-order chi connectivity index (χ0) is 10.7. The average Bonchev–Trinajstić information content (AvgIpc) is 3.08. The number of hydrogen-bond donors (Lipinski definition) is 1. The van der Waals surface area contributed by atoms with Crippen molar-refractivity contribution in [3.63, 3.8) is 0 Å². The van der Waals surface area contributed by atoms with Gasteiger partial charge in [-0.3, -0.25) is 0 Å². The van der Waals surface area contributed by atoms with Gasteiger partial charge in [0, 0.05) is 6.54 Å². The third-order valence-electron chi connectivity index (χ3n) is 3.12. The van der Waals surface area contributed by atoms with Crippen LogP contribution in [0.5, 0.6) is 0 Å². The maximum atomic E-state index is 8.56. The quantitative estimate of drug-likeness (QED) is 0.810. The third kappa shape index (κ3) is 2.24. The zero-order valence-corrected chi connectivity index (χ0v) is 8.82. The van der Waals surface area contributed by atoms with Crippen LogP contribution in [-0.2, 0) is 0 Å². The molecule has 1 fully saturated rings. The van der Waals surface area contributed by atoms with Gasteiger partial charge in [-0.1, -0.05) is 6.92 Å². The van der Waals surface area contributed by atoms with Crippen molar-refractivity contribution in [1.82, 2.24) is 9.97 Å². The van der Waals surface area contributed by atoms with E-state index in [9.17, 15) is 0 Å². The second-order valence-corrected chi connectivity index (χ2v) is 4.11. The highest BCUT2D eigenvalue weighted by Gasteiger charge is 2.40. The number of rotatable bonds is 4. The molecule has 0 radical (unpaired) electrons. The number of nitriles is 1. The molecule has 1 aromatic heterocycles. The van der Waals surface area contributed by atoms with Crippen molar-refractivity contribution < 1.29 is 0 Å². The van der Waals surface area contributed by atoms with Crippen LogP contribution in [0.25, 0.3) is 0 Å². The molecule has 78 valence electrons. The molecule has 0 atom stereocenters. The molecule has 4 nitrogen and oxygen atoms in total. The first-order valence-electron chi connectivity index (χ1n) is 5.24. The Morgan fingerprint density at radius 2 is 2.27 bits per heavy atom. The van der Waals surface area contributed by atoms with Crippen molar-refractivity contribution in [3.8, 4) is 6.07 Å². The first-order chi connectivity index (χ1) is 7.28. The Hall–Kier alpha value is -1.63. The molecule has 1 N–H and O–H groups in total. The fraction of sp³-hybridized carbons (Fsp3) is 0.545. The molecule has 0 aromatic carbocycles. The van der Waals surface area contributed by atoms with Crippen molar-refractivity contribution >= 4 is 5.82 Å². The van der Waals surface area contributed by atoms with Gasteiger partial charge in [-0.2, -0.15) is 5.26 Å². The summed E-state index contributed by atoms with van der Waals surface area (Å²) in [5.74, 6) is 0.758. The highest BCUT2D eigenvalue weighted by atomic mass is 15.0. The van der Waals surface area contributed by atoms with Crippen LogP contribution in [0.3, 0.4) is 0 Å². The third-order valence-corrected chi connectivity index (χ3v) is 3.12. The Morgan fingerprint density at radius 3 is 2.73 bits per heavy atom. The monoisotopic (exact) mass is 202 g/mol. The van der Waals surface area contributed by atoms with E-state index in [1.54, 1.807) is 6.20 Å². The van der Waals surface area contributed by atoms with Gasteiger partial charge in [-0.25, -0.2) is 9.97 Å². The molecule has 15 heavy (non-hydrogen) atoms. The number of aromatic nitrogens is 2. The van der Waals surface area contributed by atoms with Gasteiger partial charge in [-0.15, -0.1) is 0 Å². The molecule has 0 spiro atoms. The molecule has 1 aromatic rings. The van der Waals surface area contributed by atoms with E-state index in [1.807, 2.05) is 6.07 Å². The van der Waals surface area contributed by atoms with E-state index in [0.29, 0.717) is 11.1 Å². The Kier molecular flexibility index (Phi) is 2.55. The predicted octanol–water partition coefficient (Wildman–Crippen LogP) is 1.95. The van der Waals surface area contributed by atoms with Crippen LogP contribution in [-0.4, -0.2) is 16.5 Å². The molecule has 0 unspecified atom stereocenters. The molecule has 0 saturated heterocycles. The van der Waals surface area contributed by atoms with E-state index in [0.717, 1.165) is 12.4 Å². The van der Waals surface area contributed by atoms with Gasteiger partial charge >= 0.3 is 0 Å². The molecule has 1 heterocycles. The lowest BCUT2D eigenvalue weighted by molar-refractivity contribution is 0.520. The van der Waals surface area contributed by atoms with E-state index < -0.39 is 0 Å². The summed E-state index contributed by atoms with van der Waals surface area (Å²) in [5.41, 5.74) is 0.854. The zero-order valence-electron chi connectivity index (χ0n) is 8.82. The predicted molar refractivity (Wildman–Crippen MR) is 57.2 cm³/mol. The van der Waals surface area contributed by atoms with Crippen molar-refractivity contribution in [2.75, 3.05) is 11.9 Å². The number of anilines is 1. The molecular weight excluding hydrogens is 188 g/mol. The fourth-order valence-corrected chi connectivity index (χ4v) is 1.59. The molecule has 0 amide bonds. The fourth-order valence-electron chi connectivity index (χ4n) is 1.59. The number of nitrogens with zero attached hydrogens (tertiary/aromatic N) is 3. The summed E-state index contributed by atoms with van der Waals surface area (Å²) >= 11 is 0. The van der Waals surface area contributed by atoms with Crippen LogP contribution in [0.2, 0.25) is 0 Å². The van der Waals surface area contributed by atoms with Crippen LogP contribution < -0.4 is 5.32 Å². The van der Waals surface area contributed by atoms with Gasteiger partial charge in [0.1, 0.15) is 11.9 Å². The van der Waals surface area contributed by atoms with Gasteiger partial charge in [0.2, 0.25) is 0 Å². The van der Waals surface area contributed by atoms with Crippen molar-refractivity contribution in [1.29, 1.82) is 5.26 Å². The van der Waals surface area contributed by atoms with Gasteiger partial charge in [0.15, 0.2) is 5.69 Å². The normalized spacial score (nSPS) is 16.8. The molecule has 1 aliphatic carbocycles. The maximum Gasteiger partial charge on any atom is 0.158 e. The van der Waals surface area contributed by atoms with Crippen LogP contribution >= 0.6 is 0 Å². The number of hydrogen-bond acceptors (Lipinski definition) is 4. The molecule has 1 saturated carbocycles. The maximum absolute atomic E-state index is 8.56. The summed E-state index contributed by atoms with van der Waals surface area (Å²) < 4.78 is 0. The lowest BCUT2D eigenvalue weighted by Gasteiger charge is -2.13. The highest BCUT2D eigenvalue weighted by molar-refractivity contribution is 5.33. The summed E-state index contributed by atoms with van der Waals surface area (Å²) in [6.45, 7) is 3.18. The second kappa shape index (κ2) is 3.85. The van der Waals surface area contributed by atoms with Crippen LogP contribution in [0.1, 0.15) is 31.9 Å². The van der Waals surface area contributed by atoms with Gasteiger partial charge < -0.3 is 5.32 Å². The Bertz CT molecular complexity index is 373. The van der Waals surface area contributed by atoms with E-state index in [1.165, 1.54) is 25.5 Å². The minimum absolute atomic E-state index is 0.358. The molecule has 0 aliphatic heterocycles. The van der Waals surface area contributed by atoms with Crippen molar-refractivity contribution in [2.24, 2.45) is 5.41 Å². The van der Waals surface area contributed by atoms with E-state index in [4.69, 9.17) is 5.26 Å². The number of nitrogens with one attached hydrogen (secondary N) is 1. The van der Waals surface area contributed by atoms with E-state index in [-0.39, 0.29) is 0 Å². The first kappa shape index (κ1) is 9.91. The van der Waals surface area contributed by atoms with Crippen molar-refractivity contribution in [3.05, 3.63) is 18.1 Å². The minimum Gasteiger partial charge on any atom is -0.368 e. The Balaban J connectivity index is 1.91. The molecule has 0 bridgehead atoms. The summed E-state index contributed by atoms with van der Waals surface area (Å²) in [5, 5.41) is 11.8. The smallest absolute Gasteiger partial charge is 0.158 e. The van der Waals surface area contributed by atoms with Crippen molar-refractivity contribution in [2.45, 2.75) is 26.2 Å². The standard InChI is InChI=1S/C11H14N4/c1-2-11(3-4-11)8-15-10-7-13-9(5-12)6-14-10/h6-7H,2-4,8H2,1H3,(H,14,15). The topological polar surface area (TPSA) is 61.6 Å². The minimum atomic E-state index is 0.358. The largest absolute Gasteiger partial charge is 0.368 e. The van der Waals surface area contributed by atoms with Gasteiger partial charge in [0.05, 0.1) is 12.4 Å².